The zero-order valence-electron chi connectivity index (χ0n) is 14.0. The third kappa shape index (κ3) is 4.76. The van der Waals surface area contributed by atoms with Crippen molar-refractivity contribution >= 4 is 17.6 Å². The fourth-order valence-corrected chi connectivity index (χ4v) is 2.67. The highest BCUT2D eigenvalue weighted by Crippen LogP contribution is 2.31. The molecule has 1 unspecified atom stereocenters. The van der Waals surface area contributed by atoms with Gasteiger partial charge in [0.05, 0.1) is 18.7 Å². The van der Waals surface area contributed by atoms with Gasteiger partial charge in [-0.1, -0.05) is 25.4 Å². The number of benzene rings is 1. The van der Waals surface area contributed by atoms with E-state index in [4.69, 9.17) is 20.8 Å². The lowest BCUT2D eigenvalue weighted by atomic mass is 10.0. The number of nitrogens with one attached hydrogen (secondary N) is 1. The molecule has 0 saturated carbocycles. The summed E-state index contributed by atoms with van der Waals surface area (Å²) in [5, 5.41) is 12.8. The summed E-state index contributed by atoms with van der Waals surface area (Å²) in [4.78, 5) is 11.3. The third-order valence-electron chi connectivity index (χ3n) is 3.63. The minimum Gasteiger partial charge on any atom is -0.495 e. The molecule has 2 rings (SSSR count). The molecule has 0 spiro atoms. The summed E-state index contributed by atoms with van der Waals surface area (Å²) in [6.45, 7) is 4.35. The van der Waals surface area contributed by atoms with Gasteiger partial charge >= 0.3 is 5.97 Å². The van der Waals surface area contributed by atoms with Crippen LogP contribution in [0.1, 0.15) is 26.0 Å². The number of aliphatic carboxylic acids is 1. The van der Waals surface area contributed by atoms with Crippen molar-refractivity contribution in [2.45, 2.75) is 32.9 Å². The first-order valence-corrected chi connectivity index (χ1v) is 8.17. The van der Waals surface area contributed by atoms with E-state index in [0.29, 0.717) is 41.2 Å². The number of carboxylic acid groups (broad SMARTS) is 1. The molecule has 1 heterocycles. The molecule has 24 heavy (non-hydrogen) atoms. The number of carbonyl (C=O) groups is 1. The van der Waals surface area contributed by atoms with Crippen LogP contribution in [0.5, 0.6) is 5.75 Å². The van der Waals surface area contributed by atoms with Gasteiger partial charge in [-0.3, -0.25) is 10.1 Å². The number of carboxylic acids is 1. The van der Waals surface area contributed by atoms with Crippen LogP contribution in [-0.2, 0) is 11.3 Å². The van der Waals surface area contributed by atoms with Crippen LogP contribution in [0.25, 0.3) is 11.3 Å². The van der Waals surface area contributed by atoms with Crippen molar-refractivity contribution in [3.05, 3.63) is 41.1 Å². The van der Waals surface area contributed by atoms with Crippen molar-refractivity contribution in [2.24, 2.45) is 5.92 Å². The van der Waals surface area contributed by atoms with E-state index < -0.39 is 12.0 Å². The third-order valence-corrected chi connectivity index (χ3v) is 3.92. The van der Waals surface area contributed by atoms with Crippen LogP contribution in [0.3, 0.4) is 0 Å². The second-order valence-corrected chi connectivity index (χ2v) is 6.42. The Balaban J connectivity index is 2.05. The fraction of sp³-hybridized carbons (Fsp3) is 0.389. The lowest BCUT2D eigenvalue weighted by molar-refractivity contribution is -0.140. The van der Waals surface area contributed by atoms with Gasteiger partial charge in [-0.15, -0.1) is 0 Å². The van der Waals surface area contributed by atoms with Crippen molar-refractivity contribution < 1.29 is 19.1 Å². The number of furan rings is 1. The van der Waals surface area contributed by atoms with Gasteiger partial charge in [0, 0.05) is 5.56 Å². The van der Waals surface area contributed by atoms with Crippen molar-refractivity contribution in [3.8, 4) is 17.1 Å². The highest BCUT2D eigenvalue weighted by Gasteiger charge is 2.18. The molecule has 2 aromatic rings. The Morgan fingerprint density at radius 3 is 2.67 bits per heavy atom. The van der Waals surface area contributed by atoms with Gasteiger partial charge in [0.1, 0.15) is 23.3 Å². The van der Waals surface area contributed by atoms with Gasteiger partial charge in [-0.2, -0.15) is 0 Å². The zero-order valence-corrected chi connectivity index (χ0v) is 14.8. The average Bonchev–Trinajstić information content (AvgIpc) is 2.99. The molecule has 0 aliphatic heterocycles. The number of hydrogen-bond donors (Lipinski definition) is 2. The Bertz CT molecular complexity index is 696. The Labute approximate surface area is 146 Å². The van der Waals surface area contributed by atoms with Crippen molar-refractivity contribution in [1.82, 2.24) is 5.32 Å². The molecule has 0 aliphatic rings. The Hall–Kier alpha value is -1.98. The molecule has 0 amide bonds. The first kappa shape index (κ1) is 18.4. The monoisotopic (exact) mass is 351 g/mol. The normalized spacial score (nSPS) is 12.4. The van der Waals surface area contributed by atoms with Gasteiger partial charge < -0.3 is 14.3 Å². The molecule has 2 N–H and O–H groups in total. The number of halogens is 1. The predicted octanol–water partition coefficient (Wildman–Crippen LogP) is 4.20. The standard InChI is InChI=1S/C18H22ClNO4/c1-11(2)8-15(18(21)22)20-10-13-5-7-16(24-13)12-4-6-17(23-3)14(19)9-12/h4-7,9,11,15,20H,8,10H2,1-3H3,(H,21,22). The van der Waals surface area contributed by atoms with Gasteiger partial charge in [0.2, 0.25) is 0 Å². The van der Waals surface area contributed by atoms with Crippen LogP contribution < -0.4 is 10.1 Å². The summed E-state index contributed by atoms with van der Waals surface area (Å²) in [7, 11) is 1.56. The highest BCUT2D eigenvalue weighted by atomic mass is 35.5. The number of hydrogen-bond acceptors (Lipinski definition) is 4. The first-order valence-electron chi connectivity index (χ1n) is 7.79. The summed E-state index contributed by atoms with van der Waals surface area (Å²) in [6, 6.07) is 8.49. The quantitative estimate of drug-likeness (QED) is 0.745. The van der Waals surface area contributed by atoms with Crippen molar-refractivity contribution in [3.63, 3.8) is 0 Å². The minimum atomic E-state index is -0.850. The second-order valence-electron chi connectivity index (χ2n) is 6.02. The van der Waals surface area contributed by atoms with Crippen LogP contribution in [0.15, 0.2) is 34.7 Å². The summed E-state index contributed by atoms with van der Waals surface area (Å²) in [5.41, 5.74) is 0.837. The van der Waals surface area contributed by atoms with Crippen LogP contribution >= 0.6 is 11.6 Å². The molecule has 6 heteroatoms. The van der Waals surface area contributed by atoms with Gasteiger partial charge in [-0.05, 0) is 42.7 Å². The van der Waals surface area contributed by atoms with E-state index >= 15 is 0 Å². The molecular weight excluding hydrogens is 330 g/mol. The summed E-state index contributed by atoms with van der Waals surface area (Å²) < 4.78 is 10.9. The maximum Gasteiger partial charge on any atom is 0.320 e. The lowest BCUT2D eigenvalue weighted by Crippen LogP contribution is -2.37. The van der Waals surface area contributed by atoms with E-state index in [-0.39, 0.29) is 0 Å². The van der Waals surface area contributed by atoms with Crippen molar-refractivity contribution in [2.75, 3.05) is 7.11 Å². The molecule has 0 saturated heterocycles. The summed E-state index contributed by atoms with van der Waals surface area (Å²) in [5.74, 6) is 1.40. The van der Waals surface area contributed by atoms with Crippen LogP contribution in [-0.4, -0.2) is 24.2 Å². The fourth-order valence-electron chi connectivity index (χ4n) is 2.41. The molecule has 130 valence electrons. The minimum absolute atomic E-state index is 0.298. The highest BCUT2D eigenvalue weighted by molar-refractivity contribution is 6.32. The number of methoxy groups -OCH3 is 1. The zero-order chi connectivity index (χ0) is 17.7. The Morgan fingerprint density at radius 2 is 2.08 bits per heavy atom. The molecule has 1 aromatic carbocycles. The number of rotatable bonds is 8. The molecular formula is C18H22ClNO4. The molecule has 0 radical (unpaired) electrons. The van der Waals surface area contributed by atoms with E-state index in [1.807, 2.05) is 32.0 Å². The van der Waals surface area contributed by atoms with Crippen molar-refractivity contribution in [1.29, 1.82) is 0 Å². The van der Waals surface area contributed by atoms with E-state index in [2.05, 4.69) is 5.32 Å². The lowest BCUT2D eigenvalue weighted by Gasteiger charge is -2.15. The Kier molecular flexibility index (Phi) is 6.29. The second kappa shape index (κ2) is 8.22. The van der Waals surface area contributed by atoms with E-state index in [1.54, 1.807) is 19.2 Å². The SMILES string of the molecule is COc1ccc(-c2ccc(CNC(CC(C)C)C(=O)O)o2)cc1Cl. The molecule has 0 fully saturated rings. The summed E-state index contributed by atoms with van der Waals surface area (Å²) >= 11 is 6.13. The van der Waals surface area contributed by atoms with E-state index in [0.717, 1.165) is 5.56 Å². The molecule has 1 atom stereocenters. The van der Waals surface area contributed by atoms with Gasteiger partial charge in [0.25, 0.3) is 0 Å². The van der Waals surface area contributed by atoms with Crippen LogP contribution in [0.4, 0.5) is 0 Å². The molecule has 0 aliphatic carbocycles. The maximum absolute atomic E-state index is 11.3. The van der Waals surface area contributed by atoms with Gasteiger partial charge in [0.15, 0.2) is 0 Å². The smallest absolute Gasteiger partial charge is 0.320 e. The van der Waals surface area contributed by atoms with Crippen LogP contribution in [0, 0.1) is 5.92 Å². The topological polar surface area (TPSA) is 71.7 Å². The molecule has 0 bridgehead atoms. The van der Waals surface area contributed by atoms with E-state index in [9.17, 15) is 9.90 Å². The van der Waals surface area contributed by atoms with Crippen LogP contribution in [0.2, 0.25) is 5.02 Å². The summed E-state index contributed by atoms with van der Waals surface area (Å²) in [6.07, 6.45) is 0.566. The maximum atomic E-state index is 11.3. The largest absolute Gasteiger partial charge is 0.495 e. The van der Waals surface area contributed by atoms with E-state index in [1.165, 1.54) is 0 Å². The Morgan fingerprint density at radius 1 is 1.33 bits per heavy atom. The molecule has 1 aromatic heterocycles. The first-order chi connectivity index (χ1) is 11.4. The number of ether oxygens (including phenoxy) is 1. The molecule has 5 nitrogen and oxygen atoms in total. The average molecular weight is 352 g/mol. The van der Waals surface area contributed by atoms with Gasteiger partial charge in [-0.25, -0.2) is 0 Å². The predicted molar refractivity (Wildman–Crippen MR) is 93.4 cm³/mol.